The zero-order valence-electron chi connectivity index (χ0n) is 23.2. The lowest BCUT2D eigenvalue weighted by atomic mass is 9.49. The molecule has 0 aliphatic heterocycles. The zero-order chi connectivity index (χ0) is 29.0. The first-order valence-corrected chi connectivity index (χ1v) is 12.6. The van der Waals surface area contributed by atoms with Crippen LogP contribution in [0.15, 0.2) is 48.5 Å². The van der Waals surface area contributed by atoms with Crippen LogP contribution in [0.3, 0.4) is 0 Å². The fourth-order valence-electron chi connectivity index (χ4n) is 5.81. The summed E-state index contributed by atoms with van der Waals surface area (Å²) in [6.45, 7) is 7.45. The van der Waals surface area contributed by atoms with Gasteiger partial charge < -0.3 is 33.5 Å². The van der Waals surface area contributed by atoms with Crippen LogP contribution in [0.1, 0.15) is 38.2 Å². The van der Waals surface area contributed by atoms with E-state index in [1.165, 1.54) is 40.6 Å². The molecular formula is C29H36O10. The predicted molar refractivity (Wildman–Crippen MR) is 140 cm³/mol. The van der Waals surface area contributed by atoms with Gasteiger partial charge in [-0.2, -0.15) is 0 Å². The van der Waals surface area contributed by atoms with E-state index >= 15 is 0 Å². The summed E-state index contributed by atoms with van der Waals surface area (Å²) in [4.78, 5) is 40.1. The number of benzene rings is 1. The molecule has 3 atom stereocenters. The number of hydrogen-bond acceptors (Lipinski definition) is 10. The standard InChI is InChI=1S/C29H36O10/c1-8-17-14-28(26(32)38-9-2,27(33)39-10-3)15-19(18-11-23(35-5)20(30)12-22(18)34-4)29(17)16-24(36-6)21(31)13-25(29)37-7/h8,11-13,16-17,19,30H,1,9-10,14-15H2,2-7H3/t17-,19-,29+/m0/s1. The van der Waals surface area contributed by atoms with Gasteiger partial charge in [0.25, 0.3) is 0 Å². The van der Waals surface area contributed by atoms with Crippen molar-refractivity contribution in [3.8, 4) is 17.2 Å². The molecule has 212 valence electrons. The minimum Gasteiger partial charge on any atom is -0.504 e. The number of phenolic OH excluding ortho intramolecular Hbond substituents is 1. The van der Waals surface area contributed by atoms with Crippen molar-refractivity contribution in [2.75, 3.05) is 41.7 Å². The van der Waals surface area contributed by atoms with E-state index in [2.05, 4.69) is 6.58 Å². The number of carbonyl (C=O) groups is 3. The number of aromatic hydroxyl groups is 1. The SMILES string of the molecule is C=C[C@H]1CC(C(=O)OCC)(C(=O)OCC)C[C@@H](c2cc(OC)c(O)cc2OC)[C@@]12C=C(OC)C(=O)C=C2OC. The molecule has 1 aromatic rings. The molecule has 3 rings (SSSR count). The molecule has 0 saturated heterocycles. The number of allylic oxidation sites excluding steroid dienone is 3. The molecule has 2 aliphatic rings. The topological polar surface area (TPSA) is 127 Å². The Morgan fingerprint density at radius 2 is 1.59 bits per heavy atom. The van der Waals surface area contributed by atoms with Crippen LogP contribution >= 0.6 is 0 Å². The van der Waals surface area contributed by atoms with Gasteiger partial charge in [-0.05, 0) is 44.7 Å². The van der Waals surface area contributed by atoms with E-state index in [1.807, 2.05) is 0 Å². The van der Waals surface area contributed by atoms with Gasteiger partial charge in [0.05, 0.1) is 47.1 Å². The monoisotopic (exact) mass is 544 g/mol. The molecule has 0 unspecified atom stereocenters. The highest BCUT2D eigenvalue weighted by Gasteiger charge is 2.64. The summed E-state index contributed by atoms with van der Waals surface area (Å²) in [5.41, 5.74) is -2.40. The van der Waals surface area contributed by atoms with Crippen LogP contribution in [-0.4, -0.2) is 64.5 Å². The Morgan fingerprint density at radius 3 is 2.08 bits per heavy atom. The quantitative estimate of drug-likeness (QED) is 0.264. The van der Waals surface area contributed by atoms with Crippen molar-refractivity contribution in [3.05, 3.63) is 54.0 Å². The maximum Gasteiger partial charge on any atom is 0.323 e. The largest absolute Gasteiger partial charge is 0.504 e. The Hall–Kier alpha value is -3.95. The molecule has 39 heavy (non-hydrogen) atoms. The third-order valence-electron chi connectivity index (χ3n) is 7.58. The Kier molecular flexibility index (Phi) is 8.99. The smallest absolute Gasteiger partial charge is 0.323 e. The molecule has 1 fully saturated rings. The van der Waals surface area contributed by atoms with Crippen LogP contribution in [0.4, 0.5) is 0 Å². The first-order valence-electron chi connectivity index (χ1n) is 12.6. The van der Waals surface area contributed by atoms with Crippen molar-refractivity contribution in [3.63, 3.8) is 0 Å². The van der Waals surface area contributed by atoms with Gasteiger partial charge in [-0.1, -0.05) is 6.08 Å². The molecule has 10 heteroatoms. The average Bonchev–Trinajstić information content (AvgIpc) is 2.94. The number of carbonyl (C=O) groups excluding carboxylic acids is 3. The highest BCUT2D eigenvalue weighted by molar-refractivity contribution is 6.04. The summed E-state index contributed by atoms with van der Waals surface area (Å²) in [5, 5.41) is 10.5. The molecular weight excluding hydrogens is 508 g/mol. The van der Waals surface area contributed by atoms with Crippen molar-refractivity contribution < 1.29 is 47.9 Å². The van der Waals surface area contributed by atoms with Crippen molar-refractivity contribution in [1.82, 2.24) is 0 Å². The van der Waals surface area contributed by atoms with Gasteiger partial charge in [-0.3, -0.25) is 14.4 Å². The number of hydrogen-bond donors (Lipinski definition) is 1. The second-order valence-electron chi connectivity index (χ2n) is 9.31. The van der Waals surface area contributed by atoms with Crippen molar-refractivity contribution in [2.45, 2.75) is 32.6 Å². The van der Waals surface area contributed by atoms with Crippen LogP contribution in [0.5, 0.6) is 17.2 Å². The van der Waals surface area contributed by atoms with Crippen molar-refractivity contribution in [2.24, 2.45) is 16.7 Å². The average molecular weight is 545 g/mol. The van der Waals surface area contributed by atoms with Gasteiger partial charge in [0.1, 0.15) is 11.5 Å². The van der Waals surface area contributed by atoms with E-state index in [4.69, 9.17) is 28.4 Å². The summed E-state index contributed by atoms with van der Waals surface area (Å²) in [5.74, 6) is -2.69. The Bertz CT molecular complexity index is 1180. The fraction of sp³-hybridized carbons (Fsp3) is 0.483. The predicted octanol–water partition coefficient (Wildman–Crippen LogP) is 3.83. The van der Waals surface area contributed by atoms with E-state index < -0.39 is 40.4 Å². The molecule has 0 amide bonds. The van der Waals surface area contributed by atoms with Gasteiger partial charge in [-0.25, -0.2) is 0 Å². The second-order valence-corrected chi connectivity index (χ2v) is 9.31. The maximum absolute atomic E-state index is 13.6. The van der Waals surface area contributed by atoms with Gasteiger partial charge in [0, 0.05) is 23.6 Å². The summed E-state index contributed by atoms with van der Waals surface area (Å²) in [7, 11) is 5.66. The number of ketones is 1. The van der Waals surface area contributed by atoms with Crippen LogP contribution in [0.2, 0.25) is 0 Å². The van der Waals surface area contributed by atoms with E-state index in [1.54, 1.807) is 32.1 Å². The number of methoxy groups -OCH3 is 4. The molecule has 1 aromatic carbocycles. The zero-order valence-corrected chi connectivity index (χ0v) is 23.2. The first kappa shape index (κ1) is 29.6. The minimum atomic E-state index is -1.72. The molecule has 0 heterocycles. The number of rotatable bonds is 10. The lowest BCUT2D eigenvalue weighted by molar-refractivity contribution is -0.179. The second kappa shape index (κ2) is 11.8. The third kappa shape index (κ3) is 4.84. The summed E-state index contributed by atoms with van der Waals surface area (Å²) in [6, 6.07) is 2.97. The van der Waals surface area contributed by atoms with Crippen LogP contribution in [0.25, 0.3) is 0 Å². The van der Waals surface area contributed by atoms with Gasteiger partial charge in [0.15, 0.2) is 22.7 Å². The van der Waals surface area contributed by atoms with Crippen molar-refractivity contribution >= 4 is 17.7 Å². The summed E-state index contributed by atoms with van der Waals surface area (Å²) >= 11 is 0. The normalized spacial score (nSPS) is 23.7. The molecule has 10 nitrogen and oxygen atoms in total. The molecule has 0 bridgehead atoms. The first-order chi connectivity index (χ1) is 18.6. The number of ether oxygens (including phenoxy) is 6. The van der Waals surface area contributed by atoms with Crippen LogP contribution in [-0.2, 0) is 33.3 Å². The lowest BCUT2D eigenvalue weighted by Gasteiger charge is -2.53. The van der Waals surface area contributed by atoms with E-state index in [0.29, 0.717) is 11.3 Å². The summed E-state index contributed by atoms with van der Waals surface area (Å²) in [6.07, 6.45) is 4.47. The Balaban J connectivity index is 2.47. The molecule has 1 N–H and O–H groups in total. The fourth-order valence-corrected chi connectivity index (χ4v) is 5.81. The van der Waals surface area contributed by atoms with Crippen molar-refractivity contribution in [1.29, 1.82) is 0 Å². The van der Waals surface area contributed by atoms with E-state index in [9.17, 15) is 19.5 Å². The number of esters is 2. The highest BCUT2D eigenvalue weighted by Crippen LogP contribution is 2.64. The number of phenols is 1. The van der Waals surface area contributed by atoms with Gasteiger partial charge >= 0.3 is 11.9 Å². The lowest BCUT2D eigenvalue weighted by Crippen LogP contribution is -2.54. The van der Waals surface area contributed by atoms with Gasteiger partial charge in [-0.15, -0.1) is 6.58 Å². The highest BCUT2D eigenvalue weighted by atomic mass is 16.6. The Labute approximate surface area is 228 Å². The summed E-state index contributed by atoms with van der Waals surface area (Å²) < 4.78 is 33.2. The van der Waals surface area contributed by atoms with Crippen LogP contribution < -0.4 is 9.47 Å². The Morgan fingerprint density at radius 1 is 0.974 bits per heavy atom. The van der Waals surface area contributed by atoms with Crippen LogP contribution in [0, 0.1) is 16.7 Å². The minimum absolute atomic E-state index is 0.0371. The van der Waals surface area contributed by atoms with E-state index in [0.717, 1.165) is 0 Å². The molecule has 1 saturated carbocycles. The third-order valence-corrected chi connectivity index (χ3v) is 7.58. The molecule has 0 radical (unpaired) electrons. The van der Waals surface area contributed by atoms with Gasteiger partial charge in [0.2, 0.25) is 5.78 Å². The molecule has 0 aromatic heterocycles. The molecule has 2 aliphatic carbocycles. The maximum atomic E-state index is 13.6. The molecule has 1 spiro atoms. The van der Waals surface area contributed by atoms with E-state index in [-0.39, 0.29) is 49.1 Å².